The molecule has 5 nitrogen and oxygen atoms in total. The van der Waals surface area contributed by atoms with E-state index in [1.54, 1.807) is 0 Å². The number of hydrogen-bond donors (Lipinski definition) is 3. The Hall–Kier alpha value is -2.30. The number of aromatic nitrogens is 2. The standard InChI is InChI=1S/C19H24N4O/c1-12-8-9-14-15(10-12)22-19(21-14)17-16(24)11-23(18(17)20)13-6-4-2-3-5-7-13/h8-10,13,20,24H,2-7,11H2,1H3,(H,21,22). The van der Waals surface area contributed by atoms with Crippen LogP contribution in [0.4, 0.5) is 0 Å². The van der Waals surface area contributed by atoms with Crippen LogP contribution in [0.2, 0.25) is 0 Å². The number of rotatable bonds is 2. The van der Waals surface area contributed by atoms with Crippen LogP contribution < -0.4 is 0 Å². The number of H-pyrrole nitrogens is 1. The number of benzene rings is 1. The van der Waals surface area contributed by atoms with Crippen molar-refractivity contribution >= 4 is 22.4 Å². The smallest absolute Gasteiger partial charge is 0.145 e. The fourth-order valence-electron chi connectivity index (χ4n) is 3.97. The molecule has 24 heavy (non-hydrogen) atoms. The fraction of sp³-hybridized carbons (Fsp3) is 0.474. The molecule has 2 heterocycles. The molecule has 0 amide bonds. The maximum atomic E-state index is 10.5. The minimum atomic E-state index is 0.264. The van der Waals surface area contributed by atoms with Gasteiger partial charge < -0.3 is 15.0 Å². The summed E-state index contributed by atoms with van der Waals surface area (Å²) < 4.78 is 0. The zero-order valence-corrected chi connectivity index (χ0v) is 14.1. The van der Waals surface area contributed by atoms with Gasteiger partial charge in [0.25, 0.3) is 0 Å². The van der Waals surface area contributed by atoms with Crippen LogP contribution in [0.15, 0.2) is 24.0 Å². The Bertz CT molecular complexity index is 812. The predicted molar refractivity (Wildman–Crippen MR) is 96.3 cm³/mol. The van der Waals surface area contributed by atoms with E-state index >= 15 is 0 Å². The van der Waals surface area contributed by atoms with E-state index in [1.807, 2.05) is 25.1 Å². The van der Waals surface area contributed by atoms with Gasteiger partial charge in [0.2, 0.25) is 0 Å². The third kappa shape index (κ3) is 2.58. The summed E-state index contributed by atoms with van der Waals surface area (Å²) in [6, 6.07) is 6.42. The highest BCUT2D eigenvalue weighted by molar-refractivity contribution is 6.23. The van der Waals surface area contributed by atoms with E-state index < -0.39 is 0 Å². The summed E-state index contributed by atoms with van der Waals surface area (Å²) in [4.78, 5) is 9.94. The van der Waals surface area contributed by atoms with E-state index in [1.165, 1.54) is 25.7 Å². The molecule has 1 aromatic carbocycles. The van der Waals surface area contributed by atoms with E-state index in [9.17, 15) is 5.11 Å². The number of fused-ring (bicyclic) bond motifs is 1. The first-order valence-electron chi connectivity index (χ1n) is 8.88. The van der Waals surface area contributed by atoms with Crippen molar-refractivity contribution in [3.05, 3.63) is 35.3 Å². The molecule has 2 aromatic rings. The van der Waals surface area contributed by atoms with Gasteiger partial charge in [-0.15, -0.1) is 0 Å². The van der Waals surface area contributed by atoms with E-state index in [0.29, 0.717) is 29.8 Å². The highest BCUT2D eigenvalue weighted by Crippen LogP contribution is 2.32. The molecule has 2 aliphatic rings. The molecule has 5 heteroatoms. The molecule has 1 saturated carbocycles. The van der Waals surface area contributed by atoms with Crippen molar-refractivity contribution in [3.8, 4) is 0 Å². The summed E-state index contributed by atoms with van der Waals surface area (Å²) in [5, 5.41) is 19.1. The maximum absolute atomic E-state index is 10.5. The van der Waals surface area contributed by atoms with Crippen LogP contribution in [0.3, 0.4) is 0 Å². The van der Waals surface area contributed by atoms with Crippen molar-refractivity contribution in [1.29, 1.82) is 5.41 Å². The normalized spacial score (nSPS) is 20.2. The van der Waals surface area contributed by atoms with Gasteiger partial charge in [-0.05, 0) is 37.5 Å². The SMILES string of the molecule is Cc1ccc2nc(C3=C(O)CN(C4CCCCCC4)C3=N)[nH]c2c1. The summed E-state index contributed by atoms with van der Waals surface area (Å²) in [5.41, 5.74) is 3.55. The number of nitrogens with one attached hydrogen (secondary N) is 2. The molecule has 1 aliphatic carbocycles. The number of hydrogen-bond acceptors (Lipinski definition) is 3. The Morgan fingerprint density at radius 1 is 1.21 bits per heavy atom. The summed E-state index contributed by atoms with van der Waals surface area (Å²) in [6.45, 7) is 2.48. The zero-order valence-electron chi connectivity index (χ0n) is 14.1. The minimum absolute atomic E-state index is 0.264. The highest BCUT2D eigenvalue weighted by atomic mass is 16.3. The number of nitrogens with zero attached hydrogens (tertiary/aromatic N) is 2. The van der Waals surface area contributed by atoms with Crippen LogP contribution in [0, 0.1) is 12.3 Å². The molecule has 0 spiro atoms. The van der Waals surface area contributed by atoms with Gasteiger partial charge in [-0.1, -0.05) is 31.7 Å². The quantitative estimate of drug-likeness (QED) is 0.726. The van der Waals surface area contributed by atoms with Gasteiger partial charge in [0, 0.05) is 6.04 Å². The lowest BCUT2D eigenvalue weighted by molar-refractivity contribution is 0.274. The molecule has 1 aromatic heterocycles. The van der Waals surface area contributed by atoms with E-state index in [-0.39, 0.29) is 5.76 Å². The molecule has 0 bridgehead atoms. The third-order valence-corrected chi connectivity index (χ3v) is 5.27. The number of imidazole rings is 1. The van der Waals surface area contributed by atoms with Crippen LogP contribution in [0.25, 0.3) is 16.6 Å². The lowest BCUT2D eigenvalue weighted by atomic mass is 10.1. The average molecular weight is 324 g/mol. The number of aliphatic hydroxyl groups excluding tert-OH is 1. The van der Waals surface area contributed by atoms with E-state index in [2.05, 4.69) is 14.9 Å². The first-order valence-corrected chi connectivity index (χ1v) is 8.88. The first kappa shape index (κ1) is 15.2. The predicted octanol–water partition coefficient (Wildman–Crippen LogP) is 4.16. The Morgan fingerprint density at radius 2 is 1.96 bits per heavy atom. The second-order valence-corrected chi connectivity index (χ2v) is 7.05. The minimum Gasteiger partial charge on any atom is -0.510 e. The summed E-state index contributed by atoms with van der Waals surface area (Å²) in [5.74, 6) is 1.28. The maximum Gasteiger partial charge on any atom is 0.145 e. The molecule has 0 saturated heterocycles. The van der Waals surface area contributed by atoms with Crippen molar-refractivity contribution in [2.75, 3.05) is 6.54 Å². The topological polar surface area (TPSA) is 76.0 Å². The number of aryl methyl sites for hydroxylation is 1. The average Bonchev–Trinajstić information content (AvgIpc) is 2.95. The van der Waals surface area contributed by atoms with Gasteiger partial charge in [-0.2, -0.15) is 0 Å². The lowest BCUT2D eigenvalue weighted by Crippen LogP contribution is -2.37. The van der Waals surface area contributed by atoms with Crippen molar-refractivity contribution < 1.29 is 5.11 Å². The summed E-state index contributed by atoms with van der Waals surface area (Å²) in [6.07, 6.45) is 7.23. The molecule has 0 unspecified atom stereocenters. The van der Waals surface area contributed by atoms with Crippen molar-refractivity contribution in [2.24, 2.45) is 0 Å². The number of amidine groups is 1. The largest absolute Gasteiger partial charge is 0.510 e. The fourth-order valence-corrected chi connectivity index (χ4v) is 3.97. The Morgan fingerprint density at radius 3 is 2.71 bits per heavy atom. The van der Waals surface area contributed by atoms with Crippen LogP contribution in [-0.2, 0) is 0 Å². The third-order valence-electron chi connectivity index (χ3n) is 5.27. The summed E-state index contributed by atoms with van der Waals surface area (Å²) in [7, 11) is 0. The Labute approximate surface area is 141 Å². The van der Waals surface area contributed by atoms with Gasteiger partial charge in [-0.25, -0.2) is 4.98 Å². The van der Waals surface area contributed by atoms with Crippen LogP contribution >= 0.6 is 0 Å². The molecule has 3 N–H and O–H groups in total. The molecular weight excluding hydrogens is 300 g/mol. The molecule has 0 radical (unpaired) electrons. The zero-order chi connectivity index (χ0) is 16.7. The van der Waals surface area contributed by atoms with Crippen LogP contribution in [0.5, 0.6) is 0 Å². The molecule has 1 aliphatic heterocycles. The Kier molecular flexibility index (Phi) is 3.79. The van der Waals surface area contributed by atoms with Crippen LogP contribution in [0.1, 0.15) is 49.9 Å². The van der Waals surface area contributed by atoms with E-state index in [4.69, 9.17) is 5.41 Å². The second-order valence-electron chi connectivity index (χ2n) is 7.05. The number of aromatic amines is 1. The lowest BCUT2D eigenvalue weighted by Gasteiger charge is -2.28. The van der Waals surface area contributed by atoms with Crippen molar-refractivity contribution in [2.45, 2.75) is 51.5 Å². The van der Waals surface area contributed by atoms with Gasteiger partial charge in [-0.3, -0.25) is 5.41 Å². The highest BCUT2D eigenvalue weighted by Gasteiger charge is 2.34. The number of aliphatic hydroxyl groups is 1. The molecule has 4 rings (SSSR count). The summed E-state index contributed by atoms with van der Waals surface area (Å²) >= 11 is 0. The van der Waals surface area contributed by atoms with Crippen LogP contribution in [-0.4, -0.2) is 38.4 Å². The van der Waals surface area contributed by atoms with Crippen molar-refractivity contribution in [3.63, 3.8) is 0 Å². The van der Waals surface area contributed by atoms with E-state index in [0.717, 1.165) is 29.4 Å². The second kappa shape index (κ2) is 5.96. The van der Waals surface area contributed by atoms with Gasteiger partial charge in [0.1, 0.15) is 17.4 Å². The van der Waals surface area contributed by atoms with Gasteiger partial charge in [0.05, 0.1) is 23.2 Å². The molecule has 1 fully saturated rings. The molecular formula is C19H24N4O. The van der Waals surface area contributed by atoms with Gasteiger partial charge in [0.15, 0.2) is 0 Å². The first-order chi connectivity index (χ1) is 11.6. The van der Waals surface area contributed by atoms with Gasteiger partial charge >= 0.3 is 0 Å². The molecule has 0 atom stereocenters. The van der Waals surface area contributed by atoms with Crippen molar-refractivity contribution in [1.82, 2.24) is 14.9 Å². The molecule has 126 valence electrons. The Balaban J connectivity index is 1.64. The monoisotopic (exact) mass is 324 g/mol.